The van der Waals surface area contributed by atoms with Gasteiger partial charge in [0.05, 0.1) is 12.6 Å². The van der Waals surface area contributed by atoms with Crippen LogP contribution in [0.15, 0.2) is 24.3 Å². The standard InChI is InChI=1S/C13H17ClN2O2/c1-18-9-12-6-3-7-16(12)13(17)15-11-5-2-4-10(14)8-11/h2,4-5,8,12H,3,6-7,9H2,1H3,(H,15,17). The molecule has 1 N–H and O–H groups in total. The molecule has 4 nitrogen and oxygen atoms in total. The molecule has 1 aliphatic rings. The van der Waals surface area contributed by atoms with Gasteiger partial charge in [0.25, 0.3) is 0 Å². The lowest BCUT2D eigenvalue weighted by Crippen LogP contribution is -2.40. The van der Waals surface area contributed by atoms with Gasteiger partial charge in [-0.1, -0.05) is 17.7 Å². The molecule has 1 aliphatic heterocycles. The van der Waals surface area contributed by atoms with Crippen LogP contribution in [-0.4, -0.2) is 37.2 Å². The van der Waals surface area contributed by atoms with Gasteiger partial charge in [0.2, 0.25) is 0 Å². The second kappa shape index (κ2) is 6.07. The molecule has 0 aliphatic carbocycles. The summed E-state index contributed by atoms with van der Waals surface area (Å²) in [6.45, 7) is 1.36. The lowest BCUT2D eigenvalue weighted by molar-refractivity contribution is 0.128. The van der Waals surface area contributed by atoms with Crippen LogP contribution < -0.4 is 5.32 Å². The first kappa shape index (κ1) is 13.2. The zero-order chi connectivity index (χ0) is 13.0. The molecule has 1 heterocycles. The molecule has 1 aromatic rings. The number of nitrogens with zero attached hydrogens (tertiary/aromatic N) is 1. The van der Waals surface area contributed by atoms with Crippen molar-refractivity contribution in [1.82, 2.24) is 4.90 Å². The Hall–Kier alpha value is -1.26. The topological polar surface area (TPSA) is 41.6 Å². The number of amides is 2. The summed E-state index contributed by atoms with van der Waals surface area (Å²) in [4.78, 5) is 14.0. The lowest BCUT2D eigenvalue weighted by Gasteiger charge is -2.24. The Kier molecular flexibility index (Phi) is 4.44. The molecular formula is C13H17ClN2O2. The predicted molar refractivity (Wildman–Crippen MR) is 72.1 cm³/mol. The number of rotatable bonds is 3. The maximum atomic E-state index is 12.1. The van der Waals surface area contributed by atoms with Gasteiger partial charge >= 0.3 is 6.03 Å². The van der Waals surface area contributed by atoms with E-state index < -0.39 is 0 Å². The number of methoxy groups -OCH3 is 1. The van der Waals surface area contributed by atoms with Crippen LogP contribution in [0.3, 0.4) is 0 Å². The van der Waals surface area contributed by atoms with Gasteiger partial charge in [-0.2, -0.15) is 0 Å². The fourth-order valence-corrected chi connectivity index (χ4v) is 2.42. The molecule has 1 aromatic carbocycles. The lowest BCUT2D eigenvalue weighted by atomic mass is 10.2. The Bertz CT molecular complexity index is 425. The summed E-state index contributed by atoms with van der Waals surface area (Å²) in [5.74, 6) is 0. The van der Waals surface area contributed by atoms with Crippen molar-refractivity contribution >= 4 is 23.3 Å². The minimum absolute atomic E-state index is 0.0863. The molecule has 1 unspecified atom stereocenters. The summed E-state index contributed by atoms with van der Waals surface area (Å²) in [5.41, 5.74) is 0.718. The van der Waals surface area contributed by atoms with Gasteiger partial charge in [0.15, 0.2) is 0 Å². The smallest absolute Gasteiger partial charge is 0.322 e. The third-order valence-electron chi connectivity index (χ3n) is 3.07. The molecule has 1 atom stereocenters. The van der Waals surface area contributed by atoms with E-state index in [4.69, 9.17) is 16.3 Å². The molecule has 2 amide bonds. The van der Waals surface area contributed by atoms with E-state index in [0.29, 0.717) is 11.6 Å². The Labute approximate surface area is 112 Å². The summed E-state index contributed by atoms with van der Waals surface area (Å²) in [7, 11) is 1.66. The highest BCUT2D eigenvalue weighted by molar-refractivity contribution is 6.30. The molecule has 1 fully saturated rings. The predicted octanol–water partition coefficient (Wildman–Crippen LogP) is 2.98. The number of likely N-dealkylation sites (tertiary alicyclic amines) is 1. The maximum absolute atomic E-state index is 12.1. The van der Waals surface area contributed by atoms with Gasteiger partial charge in [0.1, 0.15) is 0 Å². The fraction of sp³-hybridized carbons (Fsp3) is 0.462. The molecular weight excluding hydrogens is 252 g/mol. The Morgan fingerprint density at radius 1 is 1.61 bits per heavy atom. The Morgan fingerprint density at radius 3 is 3.17 bits per heavy atom. The number of anilines is 1. The van der Waals surface area contributed by atoms with Crippen molar-refractivity contribution in [2.75, 3.05) is 25.6 Å². The van der Waals surface area contributed by atoms with E-state index in [9.17, 15) is 4.79 Å². The average molecular weight is 269 g/mol. The summed E-state index contributed by atoms with van der Waals surface area (Å²) in [6.07, 6.45) is 2.02. The maximum Gasteiger partial charge on any atom is 0.322 e. The number of urea groups is 1. The number of carbonyl (C=O) groups is 1. The van der Waals surface area contributed by atoms with Crippen molar-refractivity contribution in [1.29, 1.82) is 0 Å². The van der Waals surface area contributed by atoms with E-state index in [1.807, 2.05) is 17.0 Å². The van der Waals surface area contributed by atoms with Gasteiger partial charge in [-0.3, -0.25) is 0 Å². The second-order valence-corrected chi connectivity index (χ2v) is 4.82. The Morgan fingerprint density at radius 2 is 2.44 bits per heavy atom. The van der Waals surface area contributed by atoms with Crippen LogP contribution in [0.4, 0.5) is 10.5 Å². The van der Waals surface area contributed by atoms with Crippen LogP contribution in [0.5, 0.6) is 0 Å². The Balaban J connectivity index is 1.99. The molecule has 0 saturated carbocycles. The van der Waals surface area contributed by atoms with E-state index in [1.165, 1.54) is 0 Å². The first-order valence-corrected chi connectivity index (χ1v) is 6.40. The van der Waals surface area contributed by atoms with E-state index >= 15 is 0 Å². The summed E-state index contributed by atoms with van der Waals surface area (Å²) in [5, 5.41) is 3.47. The van der Waals surface area contributed by atoms with Gasteiger partial charge < -0.3 is 15.0 Å². The van der Waals surface area contributed by atoms with E-state index in [1.54, 1.807) is 19.2 Å². The molecule has 18 heavy (non-hydrogen) atoms. The average Bonchev–Trinajstić information content (AvgIpc) is 2.78. The van der Waals surface area contributed by atoms with Crippen LogP contribution in [0, 0.1) is 0 Å². The van der Waals surface area contributed by atoms with Crippen molar-refractivity contribution in [3.8, 4) is 0 Å². The van der Waals surface area contributed by atoms with Crippen molar-refractivity contribution < 1.29 is 9.53 Å². The minimum Gasteiger partial charge on any atom is -0.383 e. The molecule has 0 spiro atoms. The number of carbonyl (C=O) groups excluding carboxylic acids is 1. The highest BCUT2D eigenvalue weighted by Crippen LogP contribution is 2.20. The van der Waals surface area contributed by atoms with Crippen LogP contribution in [0.2, 0.25) is 5.02 Å². The highest BCUT2D eigenvalue weighted by Gasteiger charge is 2.28. The number of hydrogen-bond acceptors (Lipinski definition) is 2. The van der Waals surface area contributed by atoms with Gasteiger partial charge in [-0.15, -0.1) is 0 Å². The van der Waals surface area contributed by atoms with E-state index in [2.05, 4.69) is 5.32 Å². The first-order valence-electron chi connectivity index (χ1n) is 6.03. The van der Waals surface area contributed by atoms with Crippen molar-refractivity contribution in [3.05, 3.63) is 29.3 Å². The van der Waals surface area contributed by atoms with Crippen LogP contribution in [0.25, 0.3) is 0 Å². The fourth-order valence-electron chi connectivity index (χ4n) is 2.23. The van der Waals surface area contributed by atoms with Gasteiger partial charge in [0, 0.05) is 24.4 Å². The van der Waals surface area contributed by atoms with Crippen molar-refractivity contribution in [2.24, 2.45) is 0 Å². The number of nitrogens with one attached hydrogen (secondary N) is 1. The zero-order valence-electron chi connectivity index (χ0n) is 10.4. The van der Waals surface area contributed by atoms with Crippen molar-refractivity contribution in [3.63, 3.8) is 0 Å². The second-order valence-electron chi connectivity index (χ2n) is 4.39. The van der Waals surface area contributed by atoms with Crippen molar-refractivity contribution in [2.45, 2.75) is 18.9 Å². The third-order valence-corrected chi connectivity index (χ3v) is 3.31. The molecule has 0 bridgehead atoms. The van der Waals surface area contributed by atoms with E-state index in [-0.39, 0.29) is 12.1 Å². The van der Waals surface area contributed by atoms with Crippen LogP contribution in [0.1, 0.15) is 12.8 Å². The van der Waals surface area contributed by atoms with Crippen LogP contribution >= 0.6 is 11.6 Å². The monoisotopic (exact) mass is 268 g/mol. The largest absolute Gasteiger partial charge is 0.383 e. The van der Waals surface area contributed by atoms with Gasteiger partial charge in [-0.05, 0) is 31.0 Å². The molecule has 0 radical (unpaired) electrons. The quantitative estimate of drug-likeness (QED) is 0.916. The molecule has 98 valence electrons. The number of ether oxygens (including phenoxy) is 1. The van der Waals surface area contributed by atoms with Crippen LogP contribution in [-0.2, 0) is 4.74 Å². The molecule has 5 heteroatoms. The third kappa shape index (κ3) is 3.15. The molecule has 0 aromatic heterocycles. The number of hydrogen-bond donors (Lipinski definition) is 1. The molecule has 1 saturated heterocycles. The normalized spacial score (nSPS) is 19.0. The highest BCUT2D eigenvalue weighted by atomic mass is 35.5. The zero-order valence-corrected chi connectivity index (χ0v) is 11.1. The summed E-state index contributed by atoms with van der Waals surface area (Å²) < 4.78 is 5.13. The number of halogens is 1. The minimum atomic E-state index is -0.0863. The number of benzene rings is 1. The SMILES string of the molecule is COCC1CCCN1C(=O)Nc1cccc(Cl)c1. The first-order chi connectivity index (χ1) is 8.70. The summed E-state index contributed by atoms with van der Waals surface area (Å²) >= 11 is 5.88. The van der Waals surface area contributed by atoms with E-state index in [0.717, 1.165) is 25.1 Å². The molecule has 2 rings (SSSR count). The summed E-state index contributed by atoms with van der Waals surface area (Å²) in [6, 6.07) is 7.24. The van der Waals surface area contributed by atoms with Gasteiger partial charge in [-0.25, -0.2) is 4.79 Å².